The molecule has 0 aliphatic carbocycles. The summed E-state index contributed by atoms with van der Waals surface area (Å²) in [5, 5.41) is 1.90. The molecule has 0 atom stereocenters. The summed E-state index contributed by atoms with van der Waals surface area (Å²) in [5.74, 6) is 1.61. The van der Waals surface area contributed by atoms with Crippen molar-refractivity contribution in [2.75, 3.05) is 5.73 Å². The van der Waals surface area contributed by atoms with Gasteiger partial charge in [-0.05, 0) is 44.2 Å². The zero-order chi connectivity index (χ0) is 14.1. The molecule has 0 spiro atoms. The van der Waals surface area contributed by atoms with Crippen molar-refractivity contribution in [2.24, 2.45) is 0 Å². The minimum Gasteiger partial charge on any atom is -0.457 e. The second-order valence-electron chi connectivity index (χ2n) is 4.94. The molecule has 3 rings (SSSR count). The Bertz CT molecular complexity index is 764. The first-order valence-corrected chi connectivity index (χ1v) is 6.53. The number of fused-ring (bicyclic) bond motifs is 1. The molecule has 2 aromatic carbocycles. The van der Waals surface area contributed by atoms with E-state index in [1.54, 1.807) is 6.20 Å². The van der Waals surface area contributed by atoms with Crippen LogP contribution in [0, 0.1) is 13.8 Å². The van der Waals surface area contributed by atoms with Crippen molar-refractivity contribution < 1.29 is 4.74 Å². The van der Waals surface area contributed by atoms with Gasteiger partial charge in [-0.15, -0.1) is 0 Å². The summed E-state index contributed by atoms with van der Waals surface area (Å²) in [5.41, 5.74) is 8.85. The van der Waals surface area contributed by atoms with Crippen LogP contribution in [-0.2, 0) is 0 Å². The number of anilines is 1. The average Bonchev–Trinajstić information content (AvgIpc) is 2.44. The number of nitrogens with two attached hydrogens (primary N) is 1. The lowest BCUT2D eigenvalue weighted by Gasteiger charge is -2.11. The van der Waals surface area contributed by atoms with Crippen LogP contribution in [0.5, 0.6) is 11.5 Å². The highest BCUT2D eigenvalue weighted by Crippen LogP contribution is 2.33. The number of aromatic nitrogens is 1. The van der Waals surface area contributed by atoms with Gasteiger partial charge in [-0.1, -0.05) is 17.7 Å². The van der Waals surface area contributed by atoms with E-state index in [0.29, 0.717) is 5.69 Å². The fourth-order valence-electron chi connectivity index (χ4n) is 2.16. The van der Waals surface area contributed by atoms with Gasteiger partial charge in [0.05, 0.1) is 0 Å². The quantitative estimate of drug-likeness (QED) is 0.705. The van der Waals surface area contributed by atoms with Gasteiger partial charge >= 0.3 is 0 Å². The number of aryl methyl sites for hydroxylation is 2. The zero-order valence-electron chi connectivity index (χ0n) is 11.6. The number of ether oxygens (including phenoxy) is 1. The summed E-state index contributed by atoms with van der Waals surface area (Å²) in [4.78, 5) is 4.29. The standard InChI is InChI=1S/C17H16N2O/c1-11-3-5-13(6-4-11)20-17-8-7-16(18)15-10-19-12(2)9-14(15)17/h3-10H,18H2,1-2H3. The summed E-state index contributed by atoms with van der Waals surface area (Å²) in [7, 11) is 0. The maximum Gasteiger partial charge on any atom is 0.135 e. The molecule has 0 saturated heterocycles. The van der Waals surface area contributed by atoms with Gasteiger partial charge in [0.1, 0.15) is 11.5 Å². The fourth-order valence-corrected chi connectivity index (χ4v) is 2.16. The van der Waals surface area contributed by atoms with Crippen LogP contribution in [-0.4, -0.2) is 4.98 Å². The molecule has 20 heavy (non-hydrogen) atoms. The summed E-state index contributed by atoms with van der Waals surface area (Å²) in [6.45, 7) is 4.01. The lowest BCUT2D eigenvalue weighted by atomic mass is 10.1. The summed E-state index contributed by atoms with van der Waals surface area (Å²) >= 11 is 0. The highest BCUT2D eigenvalue weighted by atomic mass is 16.5. The van der Waals surface area contributed by atoms with Crippen LogP contribution in [0.15, 0.2) is 48.7 Å². The first-order valence-electron chi connectivity index (χ1n) is 6.53. The minimum absolute atomic E-state index is 0.712. The Morgan fingerprint density at radius 2 is 1.70 bits per heavy atom. The lowest BCUT2D eigenvalue weighted by molar-refractivity contribution is 0.488. The van der Waals surface area contributed by atoms with E-state index in [9.17, 15) is 0 Å². The number of hydrogen-bond acceptors (Lipinski definition) is 3. The predicted octanol–water partition coefficient (Wildman–Crippen LogP) is 4.23. The van der Waals surface area contributed by atoms with Gasteiger partial charge in [0.25, 0.3) is 0 Å². The Balaban J connectivity index is 2.09. The van der Waals surface area contributed by atoms with Gasteiger partial charge < -0.3 is 10.5 Å². The maximum absolute atomic E-state index is 5.99. The smallest absolute Gasteiger partial charge is 0.135 e. The van der Waals surface area contributed by atoms with Crippen LogP contribution in [0.3, 0.4) is 0 Å². The van der Waals surface area contributed by atoms with Crippen LogP contribution >= 0.6 is 0 Å². The Morgan fingerprint density at radius 3 is 2.45 bits per heavy atom. The molecule has 0 bridgehead atoms. The van der Waals surface area contributed by atoms with Gasteiger partial charge in [-0.2, -0.15) is 0 Å². The second-order valence-corrected chi connectivity index (χ2v) is 4.94. The molecule has 2 N–H and O–H groups in total. The van der Waals surface area contributed by atoms with Crippen molar-refractivity contribution in [3.8, 4) is 11.5 Å². The van der Waals surface area contributed by atoms with Crippen LogP contribution in [0.4, 0.5) is 5.69 Å². The molecule has 0 unspecified atom stereocenters. The van der Waals surface area contributed by atoms with E-state index in [1.165, 1.54) is 5.56 Å². The molecular formula is C17H16N2O. The van der Waals surface area contributed by atoms with Crippen molar-refractivity contribution in [3.63, 3.8) is 0 Å². The molecule has 3 heteroatoms. The number of pyridine rings is 1. The Morgan fingerprint density at radius 1 is 0.950 bits per heavy atom. The summed E-state index contributed by atoms with van der Waals surface area (Å²) in [6.07, 6.45) is 1.79. The highest BCUT2D eigenvalue weighted by Gasteiger charge is 2.07. The lowest BCUT2D eigenvalue weighted by Crippen LogP contribution is -1.92. The minimum atomic E-state index is 0.712. The number of rotatable bonds is 2. The summed E-state index contributed by atoms with van der Waals surface area (Å²) in [6, 6.07) is 13.7. The van der Waals surface area contributed by atoms with Gasteiger partial charge in [0.2, 0.25) is 0 Å². The summed E-state index contributed by atoms with van der Waals surface area (Å²) < 4.78 is 5.97. The van der Waals surface area contributed by atoms with Gasteiger partial charge in [0, 0.05) is 28.4 Å². The molecular weight excluding hydrogens is 248 g/mol. The Hall–Kier alpha value is -2.55. The molecule has 0 radical (unpaired) electrons. The van der Waals surface area contributed by atoms with Crippen molar-refractivity contribution in [3.05, 3.63) is 59.9 Å². The van der Waals surface area contributed by atoms with E-state index < -0.39 is 0 Å². The van der Waals surface area contributed by atoms with Crippen molar-refractivity contribution in [1.29, 1.82) is 0 Å². The Kier molecular flexibility index (Phi) is 3.03. The van der Waals surface area contributed by atoms with Crippen molar-refractivity contribution >= 4 is 16.5 Å². The van der Waals surface area contributed by atoms with E-state index >= 15 is 0 Å². The molecule has 0 amide bonds. The number of benzene rings is 2. The normalized spacial score (nSPS) is 10.7. The highest BCUT2D eigenvalue weighted by molar-refractivity contribution is 5.96. The van der Waals surface area contributed by atoms with E-state index in [0.717, 1.165) is 28.0 Å². The molecule has 100 valence electrons. The van der Waals surface area contributed by atoms with E-state index in [-0.39, 0.29) is 0 Å². The second kappa shape index (κ2) is 4.85. The van der Waals surface area contributed by atoms with Crippen LogP contribution in [0.1, 0.15) is 11.3 Å². The average molecular weight is 264 g/mol. The zero-order valence-corrected chi connectivity index (χ0v) is 11.6. The van der Waals surface area contributed by atoms with Crippen LogP contribution in [0.25, 0.3) is 10.8 Å². The molecule has 0 saturated carbocycles. The molecule has 3 aromatic rings. The SMILES string of the molecule is Cc1ccc(Oc2ccc(N)c3cnc(C)cc23)cc1. The predicted molar refractivity (Wildman–Crippen MR) is 82.1 cm³/mol. The van der Waals surface area contributed by atoms with E-state index in [2.05, 4.69) is 11.9 Å². The van der Waals surface area contributed by atoms with Gasteiger partial charge in [0.15, 0.2) is 0 Å². The van der Waals surface area contributed by atoms with Gasteiger partial charge in [-0.3, -0.25) is 4.98 Å². The van der Waals surface area contributed by atoms with Crippen LogP contribution in [0.2, 0.25) is 0 Å². The van der Waals surface area contributed by atoms with Crippen LogP contribution < -0.4 is 10.5 Å². The number of nitrogen functional groups attached to an aromatic ring is 1. The topological polar surface area (TPSA) is 48.1 Å². The van der Waals surface area contributed by atoms with E-state index in [1.807, 2.05) is 49.4 Å². The third-order valence-electron chi connectivity index (χ3n) is 3.28. The molecule has 3 nitrogen and oxygen atoms in total. The Labute approximate surface area is 118 Å². The molecule has 0 aliphatic rings. The molecule has 0 fully saturated rings. The monoisotopic (exact) mass is 264 g/mol. The number of nitrogens with zero attached hydrogens (tertiary/aromatic N) is 1. The van der Waals surface area contributed by atoms with Gasteiger partial charge in [-0.25, -0.2) is 0 Å². The molecule has 1 aromatic heterocycles. The van der Waals surface area contributed by atoms with E-state index in [4.69, 9.17) is 10.5 Å². The third kappa shape index (κ3) is 2.30. The number of hydrogen-bond donors (Lipinski definition) is 1. The first-order chi connectivity index (χ1) is 9.63. The van der Waals surface area contributed by atoms with Crippen molar-refractivity contribution in [1.82, 2.24) is 4.98 Å². The first kappa shape index (κ1) is 12.5. The third-order valence-corrected chi connectivity index (χ3v) is 3.28. The van der Waals surface area contributed by atoms with Crippen molar-refractivity contribution in [2.45, 2.75) is 13.8 Å². The fraction of sp³-hybridized carbons (Fsp3) is 0.118. The maximum atomic E-state index is 5.99. The largest absolute Gasteiger partial charge is 0.457 e. The molecule has 1 heterocycles. The molecule has 0 aliphatic heterocycles.